The van der Waals surface area contributed by atoms with E-state index in [1.165, 1.54) is 66.0 Å². The van der Waals surface area contributed by atoms with E-state index in [0.29, 0.717) is 28.5 Å². The highest BCUT2D eigenvalue weighted by Gasteiger charge is 2.43. The molecular weight excluding hydrogens is 1700 g/mol. The Hall–Kier alpha value is -14.0. The molecule has 16 amide bonds. The average Bonchev–Trinajstić information content (AvgIpc) is 1.68. The molecule has 5 aromatic rings. The van der Waals surface area contributed by atoms with E-state index in [1.54, 1.807) is 58.2 Å². The van der Waals surface area contributed by atoms with Crippen molar-refractivity contribution in [3.05, 3.63) is 102 Å². The number of guanidine groups is 2. The second-order valence-corrected chi connectivity index (χ2v) is 32.1. The third-order valence-electron chi connectivity index (χ3n) is 21.5. The van der Waals surface area contributed by atoms with Gasteiger partial charge in [-0.25, -0.2) is 9.97 Å². The molecule has 3 aromatic heterocycles. The molecule has 0 radical (unpaired) electrons. The molecule has 129 heavy (non-hydrogen) atoms. The lowest BCUT2D eigenvalue weighted by atomic mass is 9.97. The van der Waals surface area contributed by atoms with Crippen LogP contribution in [-0.2, 0) is 107 Å². The van der Waals surface area contributed by atoms with Gasteiger partial charge in [0.25, 0.3) is 0 Å². The highest BCUT2D eigenvalue weighted by atomic mass is 32.1. The van der Waals surface area contributed by atoms with E-state index < -0.39 is 217 Å². The molecule has 0 aliphatic carbocycles. The van der Waals surface area contributed by atoms with Crippen molar-refractivity contribution in [1.29, 1.82) is 10.8 Å². The van der Waals surface area contributed by atoms with Crippen LogP contribution in [0.5, 0.6) is 5.75 Å². The number of carboxylic acids is 1. The highest BCUT2D eigenvalue weighted by molar-refractivity contribution is 7.80. The Bertz CT molecular complexity index is 4760. The average molecular weight is 1820 g/mol. The number of nitrogens with two attached hydrogens (primary N) is 4. The van der Waals surface area contributed by atoms with Gasteiger partial charge < -0.3 is 138 Å². The van der Waals surface area contributed by atoms with Crippen LogP contribution in [0.25, 0.3) is 10.9 Å². The number of H-pyrrole nitrogens is 3. The van der Waals surface area contributed by atoms with Crippen LogP contribution in [-0.4, -0.2) is 287 Å². The van der Waals surface area contributed by atoms with Crippen LogP contribution in [0.1, 0.15) is 121 Å². The number of carbonyl (C=O) groups is 17. The number of aromatic hydroxyl groups is 1. The van der Waals surface area contributed by atoms with E-state index in [9.17, 15) is 86.6 Å². The fraction of sp³-hybridized carbons (Fsp3) is 0.519. The van der Waals surface area contributed by atoms with Crippen molar-refractivity contribution in [2.24, 2.45) is 34.8 Å². The number of likely N-dealkylation sites (tertiary alicyclic amines) is 2. The van der Waals surface area contributed by atoms with Crippen LogP contribution in [0.3, 0.4) is 0 Å². The van der Waals surface area contributed by atoms with Crippen molar-refractivity contribution in [3.8, 4) is 5.75 Å². The fourth-order valence-electron chi connectivity index (χ4n) is 14.4. The summed E-state index contributed by atoms with van der Waals surface area (Å²) < 4.78 is 0. The number of aromatic nitrogens is 5. The van der Waals surface area contributed by atoms with Gasteiger partial charge in [0.2, 0.25) is 94.5 Å². The summed E-state index contributed by atoms with van der Waals surface area (Å²) in [5.41, 5.74) is 24.6. The fourth-order valence-corrected chi connectivity index (χ4v) is 14.6. The molecule has 48 heteroatoms. The lowest BCUT2D eigenvalue weighted by Crippen LogP contribution is -2.61. The second-order valence-electron chi connectivity index (χ2n) is 31.7. The number of phenolic OH excluding ortho intramolecular Hbond substituents is 1. The quantitative estimate of drug-likeness (QED) is 0.00745. The number of nitrogens with zero attached hydrogens (tertiary/aromatic N) is 4. The largest absolute Gasteiger partial charge is 0.508 e. The Morgan fingerprint density at radius 3 is 1.54 bits per heavy atom. The number of imidazole rings is 2. The maximum Gasteiger partial charge on any atom is 0.322 e. The molecule has 0 saturated carbocycles. The maximum absolute atomic E-state index is 14.9. The summed E-state index contributed by atoms with van der Waals surface area (Å²) in [6.45, 7) is 5.82. The zero-order valence-electron chi connectivity index (χ0n) is 72.1. The minimum atomic E-state index is -1.86. The third kappa shape index (κ3) is 32.1. The van der Waals surface area contributed by atoms with Gasteiger partial charge in [-0.1, -0.05) is 64.4 Å². The molecule has 7 rings (SSSR count). The number of carboxylic acid groups (broad SMARTS) is 1. The van der Waals surface area contributed by atoms with Crippen molar-refractivity contribution in [1.82, 2.24) is 114 Å². The first-order valence-electron chi connectivity index (χ1n) is 42.1. The normalized spacial score (nSPS) is 16.3. The maximum atomic E-state index is 14.9. The van der Waals surface area contributed by atoms with E-state index in [0.717, 1.165) is 0 Å². The van der Waals surface area contributed by atoms with Crippen molar-refractivity contribution in [2.45, 2.75) is 203 Å². The Morgan fingerprint density at radius 2 is 1.01 bits per heavy atom. The number of amides is 16. The summed E-state index contributed by atoms with van der Waals surface area (Å²) >= 11 is 4.01. The van der Waals surface area contributed by atoms with Crippen LogP contribution in [0, 0.1) is 22.7 Å². The number of fused-ring (bicyclic) bond motifs is 1. The third-order valence-corrected chi connectivity index (χ3v) is 21.9. The second kappa shape index (κ2) is 50.4. The number of benzene rings is 2. The number of nitrogens with one attached hydrogen (secondary N) is 20. The summed E-state index contributed by atoms with van der Waals surface area (Å²) in [5.74, 6) is -18.0. The standard InChI is InChI=1S/C81H118N28O19S/c1-6-42(4)66(76(125)94-36-63(113)100-56(29-46-33-88-39-96-46)71(120)103-55(28-45-32-92-51-14-8-7-13-49(45)51)70(119)101-52(15-9-23-90-80(84)85)68(117)98-43(5)78(127)108-25-11-17-59(108)74(123)95-37-64(114)115)107-73(122)58(31-61(83)111)104-72(121)57(30-47-34-89-40-97-47)105-77(126)65(41(2)3)106-75(124)60-18-12-26-109(60)79(128)53(16-10-24-91-81(86)87)102-69(118)54(27-44-19-21-48(110)22-20-44)99-62(112)35-93-67(116)50(82)38-129/h7-8,13-14,19-22,32-34,39-43,50,52-60,65-66,92,110,129H,6,9-12,15-18,23-31,35-38,82H2,1-5H3,(H2,83,111)(H,88,96)(H,89,97)(H,93,116)(H,94,125)(H,95,123)(H,98,117)(H,99,112)(H,100,113)(H,101,119)(H,102,118)(H,103,120)(H,104,121)(H,105,126)(H,106,124)(H,107,122)(H,114,115)(H4,84,85,90)(H4,86,87,91)/t42-,43-,50-,52-,53-,54-,55-,56-,57-,58-,59-,60-,65-,66-/m0/s1. The molecule has 47 nitrogen and oxygen atoms in total. The van der Waals surface area contributed by atoms with Gasteiger partial charge >= 0.3 is 5.97 Å². The first-order valence-corrected chi connectivity index (χ1v) is 42.7. The summed E-state index contributed by atoms with van der Waals surface area (Å²) in [7, 11) is 0. The minimum absolute atomic E-state index is 0.00945. The number of hydrogen-bond donors (Lipinski definition) is 27. The summed E-state index contributed by atoms with van der Waals surface area (Å²) in [6, 6.07) is -5.71. The van der Waals surface area contributed by atoms with Gasteiger partial charge in [-0.15, -0.1) is 0 Å². The Morgan fingerprint density at radius 1 is 0.519 bits per heavy atom. The monoisotopic (exact) mass is 1820 g/mol. The van der Waals surface area contributed by atoms with Crippen molar-refractivity contribution in [3.63, 3.8) is 0 Å². The molecule has 702 valence electrons. The lowest BCUT2D eigenvalue weighted by Gasteiger charge is -2.32. The first-order chi connectivity index (χ1) is 61.3. The molecule has 0 unspecified atom stereocenters. The highest BCUT2D eigenvalue weighted by Crippen LogP contribution is 2.25. The first kappa shape index (κ1) is 102. The molecule has 0 spiro atoms. The van der Waals surface area contributed by atoms with Crippen molar-refractivity contribution < 1.29 is 91.7 Å². The van der Waals surface area contributed by atoms with Gasteiger partial charge in [-0.3, -0.25) is 92.3 Å². The SMILES string of the molecule is CC[C@H](C)[C@H](NC(=O)[C@H](CC(N)=O)NC(=O)[C@H](Cc1c[nH]cn1)NC(=O)[C@@H](NC(=O)[C@@H]1CCCN1C(=O)[C@H](CCCNC(=N)N)NC(=O)[C@H](Cc1ccc(O)cc1)NC(=O)CNC(=O)[C@@H](N)CS)C(C)C)C(=O)NCC(=O)N[C@@H](Cc1c[nH]cn1)C(=O)N[C@@H](Cc1c[nH]c2ccccc12)C(=O)N[C@@H](CCCNC(=N)N)C(=O)N[C@@H](C)C(=O)N1CCC[C@H]1C(=O)NCC(=O)O. The zero-order chi connectivity index (χ0) is 94.7. The van der Waals surface area contributed by atoms with Crippen LogP contribution < -0.4 is 103 Å². The Balaban J connectivity index is 1.05. The molecule has 2 aromatic carbocycles. The van der Waals surface area contributed by atoms with Crippen LogP contribution in [0.15, 0.2) is 79.8 Å². The van der Waals surface area contributed by atoms with Gasteiger partial charge in [-0.2, -0.15) is 12.6 Å². The number of para-hydroxylation sites is 1. The predicted molar refractivity (Wildman–Crippen MR) is 468 cm³/mol. The van der Waals surface area contributed by atoms with E-state index in [4.69, 9.17) is 38.9 Å². The molecule has 2 saturated heterocycles. The lowest BCUT2D eigenvalue weighted by molar-refractivity contribution is -0.143. The molecule has 5 heterocycles. The summed E-state index contributed by atoms with van der Waals surface area (Å²) in [6.07, 6.45) is 6.19. The molecule has 2 fully saturated rings. The number of primary amides is 1. The van der Waals surface area contributed by atoms with Gasteiger partial charge in [0.15, 0.2) is 11.9 Å². The molecular formula is C81H118N28O19S. The number of carbonyl (C=O) groups excluding carboxylic acids is 16. The molecule has 2 aliphatic rings. The van der Waals surface area contributed by atoms with Crippen molar-refractivity contribution in [2.75, 3.05) is 51.6 Å². The molecule has 14 atom stereocenters. The number of thiol groups is 1. The van der Waals surface area contributed by atoms with Gasteiger partial charge in [0.05, 0.1) is 49.6 Å². The number of hydrogen-bond acceptors (Lipinski definition) is 24. The Kier molecular flexibility index (Phi) is 39.9. The van der Waals surface area contributed by atoms with Gasteiger partial charge in [0.1, 0.15) is 84.8 Å². The van der Waals surface area contributed by atoms with Gasteiger partial charge in [-0.05, 0) is 99.5 Å². The number of aromatic amines is 3. The van der Waals surface area contributed by atoms with Crippen molar-refractivity contribution >= 4 is 136 Å². The topological polar surface area (TPSA) is 743 Å². The Labute approximate surface area is 747 Å². The van der Waals surface area contributed by atoms with Crippen LogP contribution in [0.4, 0.5) is 0 Å². The summed E-state index contributed by atoms with van der Waals surface area (Å²) in [5, 5.41) is 73.7. The number of phenols is 1. The van der Waals surface area contributed by atoms with Gasteiger partial charge in [0, 0.05) is 87.1 Å². The predicted octanol–water partition coefficient (Wildman–Crippen LogP) is -6.77. The zero-order valence-corrected chi connectivity index (χ0v) is 73.0. The van der Waals surface area contributed by atoms with Crippen LogP contribution >= 0.6 is 12.6 Å². The van der Waals surface area contributed by atoms with Crippen LogP contribution in [0.2, 0.25) is 0 Å². The molecule has 2 aliphatic heterocycles. The van der Waals surface area contributed by atoms with E-state index in [2.05, 4.69) is 117 Å². The van der Waals surface area contributed by atoms with E-state index >= 15 is 0 Å². The minimum Gasteiger partial charge on any atom is -0.508 e. The summed E-state index contributed by atoms with van der Waals surface area (Å²) in [4.78, 5) is 257. The molecule has 30 N–H and O–H groups in total. The smallest absolute Gasteiger partial charge is 0.322 e. The van der Waals surface area contributed by atoms with E-state index in [1.807, 2.05) is 0 Å². The van der Waals surface area contributed by atoms with E-state index in [-0.39, 0.29) is 138 Å². The molecule has 0 bridgehead atoms. The number of aliphatic carboxylic acids is 1. The number of rotatable bonds is 51.